The van der Waals surface area contributed by atoms with E-state index in [1.165, 1.54) is 23.5 Å². The highest BCUT2D eigenvalue weighted by Crippen LogP contribution is 2.41. The lowest BCUT2D eigenvalue weighted by Crippen LogP contribution is -2.12. The number of allylic oxidation sites excluding steroid dienone is 1. The van der Waals surface area contributed by atoms with E-state index in [9.17, 15) is 18.4 Å². The van der Waals surface area contributed by atoms with E-state index in [0.717, 1.165) is 33.9 Å². The number of nitrogens with two attached hydrogens (primary N) is 1. The Bertz CT molecular complexity index is 1970. The van der Waals surface area contributed by atoms with Crippen LogP contribution in [-0.4, -0.2) is 16.7 Å². The average molecular weight is 594 g/mol. The number of fused-ring (bicyclic) bond motifs is 1. The Morgan fingerprint density at radius 3 is 2.36 bits per heavy atom. The predicted octanol–water partition coefficient (Wildman–Crippen LogP) is 8.70. The average Bonchev–Trinajstić information content (AvgIpc) is 3.65. The summed E-state index contributed by atoms with van der Waals surface area (Å²) in [5.41, 5.74) is 10.0. The van der Waals surface area contributed by atoms with Crippen molar-refractivity contribution < 1.29 is 18.4 Å². The molecule has 0 spiro atoms. The molecular weight excluding hydrogens is 573 g/mol. The van der Waals surface area contributed by atoms with Gasteiger partial charge >= 0.3 is 0 Å². The number of halogens is 2. The summed E-state index contributed by atoms with van der Waals surface area (Å²) >= 11 is 2.65. The number of nitrogen functional groups attached to an aromatic ring is 1. The van der Waals surface area contributed by atoms with Crippen LogP contribution in [0.15, 0.2) is 102 Å². The Labute approximate surface area is 247 Å². The summed E-state index contributed by atoms with van der Waals surface area (Å²) in [4.78, 5) is 32.3. The number of aromatic nitrogens is 1. The van der Waals surface area contributed by atoms with E-state index in [4.69, 9.17) is 10.7 Å². The van der Waals surface area contributed by atoms with Crippen LogP contribution in [0, 0.1) is 11.6 Å². The van der Waals surface area contributed by atoms with Crippen molar-refractivity contribution in [2.45, 2.75) is 0 Å². The van der Waals surface area contributed by atoms with Crippen molar-refractivity contribution in [3.05, 3.63) is 129 Å². The van der Waals surface area contributed by atoms with Crippen LogP contribution in [0.2, 0.25) is 0 Å². The first-order valence-corrected chi connectivity index (χ1v) is 14.5. The van der Waals surface area contributed by atoms with Crippen LogP contribution >= 0.6 is 22.7 Å². The smallest absolute Gasteiger partial charge is 0.267 e. The van der Waals surface area contributed by atoms with Gasteiger partial charge in [-0.2, -0.15) is 0 Å². The fraction of sp³-hybridized carbons (Fsp3) is 0. The quantitative estimate of drug-likeness (QED) is 0.143. The van der Waals surface area contributed by atoms with Gasteiger partial charge in [-0.05, 0) is 77.2 Å². The van der Waals surface area contributed by atoms with Crippen LogP contribution in [0.5, 0.6) is 0 Å². The van der Waals surface area contributed by atoms with Gasteiger partial charge in [0.05, 0.1) is 11.4 Å². The number of rotatable bonds is 7. The second-order valence-corrected chi connectivity index (χ2v) is 11.3. The minimum absolute atomic E-state index is 0.153. The van der Waals surface area contributed by atoms with Gasteiger partial charge in [0.2, 0.25) is 0 Å². The molecule has 5 nitrogen and oxygen atoms in total. The minimum Gasteiger partial charge on any atom is -0.397 e. The maximum Gasteiger partial charge on any atom is 0.267 e. The van der Waals surface area contributed by atoms with E-state index in [-0.39, 0.29) is 16.3 Å². The van der Waals surface area contributed by atoms with Gasteiger partial charge in [0.25, 0.3) is 5.91 Å². The summed E-state index contributed by atoms with van der Waals surface area (Å²) in [5, 5.41) is 5.25. The summed E-state index contributed by atoms with van der Waals surface area (Å²) < 4.78 is 28.0. The maximum absolute atomic E-state index is 14.2. The number of amides is 1. The van der Waals surface area contributed by atoms with E-state index >= 15 is 0 Å². The van der Waals surface area contributed by atoms with Crippen molar-refractivity contribution in [3.8, 4) is 22.4 Å². The number of nitrogens with one attached hydrogen (secondary N) is 1. The molecule has 0 saturated heterocycles. The molecule has 0 radical (unpaired) electrons. The molecule has 0 aliphatic rings. The number of nitrogens with zero attached hydrogens (tertiary/aromatic N) is 1. The standard InChI is InChI=1S/C33H21F2N3O2S2/c34-25-14-10-21(17-26(25)35)24-18-27(19-5-2-1-3-6-19)38-33-29(24)30(36)31(42-33)32(40)37-22-11-8-20(9-12-22)28(39)15-13-23-7-4-16-41-23/h1-18H,36H2,(H,37,40). The molecule has 0 saturated carbocycles. The highest BCUT2D eigenvalue weighted by atomic mass is 32.1. The Kier molecular flexibility index (Phi) is 7.43. The van der Waals surface area contributed by atoms with E-state index in [0.29, 0.717) is 38.3 Å². The first-order chi connectivity index (χ1) is 20.4. The number of hydrogen-bond donors (Lipinski definition) is 2. The van der Waals surface area contributed by atoms with Crippen LogP contribution in [0.4, 0.5) is 20.2 Å². The largest absolute Gasteiger partial charge is 0.397 e. The third-order valence-electron chi connectivity index (χ3n) is 6.57. The van der Waals surface area contributed by atoms with Crippen molar-refractivity contribution >= 4 is 62.0 Å². The highest BCUT2D eigenvalue weighted by molar-refractivity contribution is 7.21. The number of hydrogen-bond acceptors (Lipinski definition) is 6. The van der Waals surface area contributed by atoms with Gasteiger partial charge in [-0.1, -0.05) is 42.5 Å². The normalized spacial score (nSPS) is 11.3. The van der Waals surface area contributed by atoms with Crippen molar-refractivity contribution in [1.82, 2.24) is 4.98 Å². The van der Waals surface area contributed by atoms with Crippen LogP contribution in [-0.2, 0) is 0 Å². The van der Waals surface area contributed by atoms with Gasteiger partial charge in [0.1, 0.15) is 9.71 Å². The van der Waals surface area contributed by atoms with E-state index in [2.05, 4.69) is 5.32 Å². The molecule has 3 aromatic carbocycles. The highest BCUT2D eigenvalue weighted by Gasteiger charge is 2.22. The topological polar surface area (TPSA) is 85.1 Å². The molecule has 206 valence electrons. The zero-order valence-corrected chi connectivity index (χ0v) is 23.4. The summed E-state index contributed by atoms with van der Waals surface area (Å²) in [6, 6.07) is 25.2. The molecule has 0 aliphatic carbocycles. The molecule has 9 heteroatoms. The monoisotopic (exact) mass is 593 g/mol. The molecular formula is C33H21F2N3O2S2. The number of carbonyl (C=O) groups is 2. The fourth-order valence-electron chi connectivity index (χ4n) is 4.48. The molecule has 42 heavy (non-hydrogen) atoms. The van der Waals surface area contributed by atoms with Gasteiger partial charge in [0.15, 0.2) is 17.4 Å². The zero-order valence-electron chi connectivity index (χ0n) is 21.8. The second-order valence-electron chi connectivity index (χ2n) is 9.32. The van der Waals surface area contributed by atoms with Crippen molar-refractivity contribution in [2.24, 2.45) is 0 Å². The molecule has 0 bridgehead atoms. The van der Waals surface area contributed by atoms with Crippen LogP contribution in [0.1, 0.15) is 24.9 Å². The van der Waals surface area contributed by atoms with Crippen molar-refractivity contribution in [1.29, 1.82) is 0 Å². The number of benzene rings is 3. The summed E-state index contributed by atoms with van der Waals surface area (Å²) in [7, 11) is 0. The Morgan fingerprint density at radius 1 is 0.857 bits per heavy atom. The van der Waals surface area contributed by atoms with Crippen molar-refractivity contribution in [2.75, 3.05) is 11.1 Å². The first kappa shape index (κ1) is 27.2. The number of thiophene rings is 2. The van der Waals surface area contributed by atoms with Crippen LogP contribution < -0.4 is 11.1 Å². The minimum atomic E-state index is -0.991. The zero-order chi connectivity index (χ0) is 29.2. The summed E-state index contributed by atoms with van der Waals surface area (Å²) in [6.45, 7) is 0. The number of pyridine rings is 1. The lowest BCUT2D eigenvalue weighted by Gasteiger charge is -2.09. The number of anilines is 2. The SMILES string of the molecule is Nc1c(C(=O)Nc2ccc(C(=O)C=Cc3cccs3)cc2)sc2nc(-c3ccccc3)cc(-c3ccc(F)c(F)c3)c12. The van der Waals surface area contributed by atoms with Crippen LogP contribution in [0.25, 0.3) is 38.7 Å². The maximum atomic E-state index is 14.2. The molecule has 3 heterocycles. The number of carbonyl (C=O) groups excluding carboxylic acids is 2. The molecule has 6 aromatic rings. The summed E-state index contributed by atoms with van der Waals surface area (Å²) in [6.07, 6.45) is 3.28. The van der Waals surface area contributed by atoms with Gasteiger partial charge in [-0.15, -0.1) is 22.7 Å². The van der Waals surface area contributed by atoms with Crippen LogP contribution in [0.3, 0.4) is 0 Å². The molecule has 6 rings (SSSR count). The Balaban J connectivity index is 1.33. The summed E-state index contributed by atoms with van der Waals surface area (Å²) in [5.74, 6) is -2.56. The number of ketones is 1. The van der Waals surface area contributed by atoms with Crippen molar-refractivity contribution in [3.63, 3.8) is 0 Å². The van der Waals surface area contributed by atoms with Gasteiger partial charge in [0, 0.05) is 27.1 Å². The molecule has 3 N–H and O–H groups in total. The molecule has 0 aliphatic heterocycles. The predicted molar refractivity (Wildman–Crippen MR) is 167 cm³/mol. The first-order valence-electron chi connectivity index (χ1n) is 12.8. The second kappa shape index (κ2) is 11.5. The lowest BCUT2D eigenvalue weighted by atomic mass is 9.99. The molecule has 1 amide bonds. The molecule has 3 aromatic heterocycles. The van der Waals surface area contributed by atoms with E-state index in [1.54, 1.807) is 36.4 Å². The molecule has 0 unspecified atom stereocenters. The van der Waals surface area contributed by atoms with Gasteiger partial charge < -0.3 is 11.1 Å². The Hall–Kier alpha value is -4.99. The van der Waals surface area contributed by atoms with Gasteiger partial charge in [-0.3, -0.25) is 9.59 Å². The lowest BCUT2D eigenvalue weighted by molar-refractivity contribution is 0.102. The van der Waals surface area contributed by atoms with E-state index in [1.807, 2.05) is 47.8 Å². The van der Waals surface area contributed by atoms with Gasteiger partial charge in [-0.25, -0.2) is 13.8 Å². The fourth-order valence-corrected chi connectivity index (χ4v) is 6.12. The molecule has 0 atom stereocenters. The Morgan fingerprint density at radius 2 is 1.64 bits per heavy atom. The third kappa shape index (κ3) is 5.47. The molecule has 0 fully saturated rings. The third-order valence-corrected chi connectivity index (χ3v) is 8.51. The van der Waals surface area contributed by atoms with E-state index < -0.39 is 17.5 Å².